The van der Waals surface area contributed by atoms with Gasteiger partial charge in [0.15, 0.2) is 0 Å². The first-order chi connectivity index (χ1) is 12.4. The molecule has 0 aromatic heterocycles. The first-order valence-electron chi connectivity index (χ1n) is 7.76. The number of aliphatic carboxylic acids is 1. The Balaban J connectivity index is 3.70. The van der Waals surface area contributed by atoms with Crippen LogP contribution in [0.15, 0.2) is 0 Å². The van der Waals surface area contributed by atoms with Crippen molar-refractivity contribution < 1.29 is 57.6 Å². The second-order valence-electron chi connectivity index (χ2n) is 7.92. The van der Waals surface area contributed by atoms with Crippen molar-refractivity contribution in [3.63, 3.8) is 0 Å². The largest absolute Gasteiger partial charge is 0.481 e. The van der Waals surface area contributed by atoms with Gasteiger partial charge in [-0.2, -0.15) is 39.1 Å². The zero-order chi connectivity index (χ0) is 23.6. The number of piperidine rings is 1. The summed E-state index contributed by atoms with van der Waals surface area (Å²) in [6, 6.07) is 0. The third kappa shape index (κ3) is 3.72. The Hall–Kier alpha value is -1.13. The molecule has 0 aromatic carbocycles. The maximum atomic E-state index is 14.4. The van der Waals surface area contributed by atoms with Crippen molar-refractivity contribution in [2.75, 3.05) is 0 Å². The molecule has 1 heterocycles. The van der Waals surface area contributed by atoms with E-state index in [1.165, 1.54) is 0 Å². The average molecular weight is 479 g/mol. The summed E-state index contributed by atoms with van der Waals surface area (Å²) in [5.74, 6) is -9.75. The summed E-state index contributed by atoms with van der Waals surface area (Å²) < 4.78 is 137. The molecule has 0 radical (unpaired) electrons. The van der Waals surface area contributed by atoms with Crippen molar-refractivity contribution in [1.82, 2.24) is 4.31 Å². The van der Waals surface area contributed by atoms with Gasteiger partial charge in [0.25, 0.3) is 10.0 Å². The number of carboxylic acid groups (broad SMARTS) is 1. The van der Waals surface area contributed by atoms with Crippen LogP contribution in [0.1, 0.15) is 40.5 Å². The molecule has 8 nitrogen and oxygen atoms in total. The summed E-state index contributed by atoms with van der Waals surface area (Å²) in [7, 11) is -13.9. The fraction of sp³-hybridized carbons (Fsp3) is 0.923. The molecule has 29 heavy (non-hydrogen) atoms. The maximum absolute atomic E-state index is 14.4. The molecule has 2 N–H and O–H groups in total. The summed E-state index contributed by atoms with van der Waals surface area (Å²) in [6.07, 6.45) is -1.25. The summed E-state index contributed by atoms with van der Waals surface area (Å²) in [5.41, 5.74) is -4.12. The van der Waals surface area contributed by atoms with Gasteiger partial charge in [-0.3, -0.25) is 9.35 Å². The van der Waals surface area contributed by atoms with Crippen LogP contribution in [-0.4, -0.2) is 64.3 Å². The van der Waals surface area contributed by atoms with E-state index >= 15 is 0 Å². The third-order valence-electron chi connectivity index (χ3n) is 4.56. The van der Waals surface area contributed by atoms with Crippen LogP contribution < -0.4 is 0 Å². The van der Waals surface area contributed by atoms with Gasteiger partial charge in [0.05, 0.1) is 5.92 Å². The second kappa shape index (κ2) is 6.68. The highest BCUT2D eigenvalue weighted by molar-refractivity contribution is 7.90. The SMILES string of the molecule is CC1(C)CC(C(=O)O)CC(C)(C)N1S(=O)(=O)C(F)(F)C(F)(F)C(F)(F)S(=O)(=O)O. The molecule has 172 valence electrons. The van der Waals surface area contributed by atoms with E-state index in [0.29, 0.717) is 0 Å². The second-order valence-corrected chi connectivity index (χ2v) is 11.2. The van der Waals surface area contributed by atoms with Crippen LogP contribution in [0.5, 0.6) is 0 Å². The number of sulfonamides is 1. The molecule has 1 aliphatic rings. The molecular weight excluding hydrogens is 460 g/mol. The van der Waals surface area contributed by atoms with Gasteiger partial charge in [0, 0.05) is 11.1 Å². The lowest BCUT2D eigenvalue weighted by Crippen LogP contribution is -2.70. The maximum Gasteiger partial charge on any atom is 0.439 e. The van der Waals surface area contributed by atoms with Crippen LogP contribution in [0, 0.1) is 5.92 Å². The molecule has 0 aromatic rings. The lowest BCUT2D eigenvalue weighted by Gasteiger charge is -2.54. The fourth-order valence-corrected chi connectivity index (χ4v) is 6.35. The number of carboxylic acids is 1. The number of carbonyl (C=O) groups is 1. The van der Waals surface area contributed by atoms with E-state index in [9.17, 15) is 48.0 Å². The molecule has 0 atom stereocenters. The van der Waals surface area contributed by atoms with Crippen molar-refractivity contribution >= 4 is 26.1 Å². The van der Waals surface area contributed by atoms with Crippen molar-refractivity contribution in [1.29, 1.82) is 0 Å². The van der Waals surface area contributed by atoms with E-state index in [-0.39, 0.29) is 4.31 Å². The Labute approximate surface area is 162 Å². The van der Waals surface area contributed by atoms with Gasteiger partial charge in [0.1, 0.15) is 0 Å². The molecule has 1 fully saturated rings. The van der Waals surface area contributed by atoms with Gasteiger partial charge in [-0.1, -0.05) is 0 Å². The smallest absolute Gasteiger partial charge is 0.439 e. The minimum Gasteiger partial charge on any atom is -0.481 e. The number of alkyl halides is 6. The van der Waals surface area contributed by atoms with Crippen LogP contribution in [0.3, 0.4) is 0 Å². The van der Waals surface area contributed by atoms with Gasteiger partial charge < -0.3 is 5.11 Å². The van der Waals surface area contributed by atoms with Crippen LogP contribution in [0.4, 0.5) is 26.3 Å². The summed E-state index contributed by atoms with van der Waals surface area (Å²) in [4.78, 5) is 11.3. The minimum atomic E-state index is -7.14. The molecule has 0 amide bonds. The molecular formula is C13H19F6NO7S2. The lowest BCUT2D eigenvalue weighted by molar-refractivity contribution is -0.248. The van der Waals surface area contributed by atoms with Gasteiger partial charge in [-0.25, -0.2) is 8.42 Å². The molecule has 0 aliphatic carbocycles. The number of hydrogen-bond acceptors (Lipinski definition) is 5. The van der Waals surface area contributed by atoms with E-state index in [1.54, 1.807) is 0 Å². The van der Waals surface area contributed by atoms with E-state index < -0.39 is 72.4 Å². The monoisotopic (exact) mass is 479 g/mol. The average Bonchev–Trinajstić information content (AvgIpc) is 2.41. The lowest BCUT2D eigenvalue weighted by atomic mass is 9.76. The molecule has 0 bridgehead atoms. The third-order valence-corrected chi connectivity index (χ3v) is 7.84. The van der Waals surface area contributed by atoms with Crippen LogP contribution in [0.2, 0.25) is 0 Å². The summed E-state index contributed by atoms with van der Waals surface area (Å²) in [5, 5.41) is -4.39. The molecule has 1 rings (SSSR count). The van der Waals surface area contributed by atoms with Crippen molar-refractivity contribution in [2.45, 2.75) is 68.0 Å². The van der Waals surface area contributed by atoms with Crippen molar-refractivity contribution in [3.8, 4) is 0 Å². The first kappa shape index (κ1) is 25.9. The van der Waals surface area contributed by atoms with E-state index in [2.05, 4.69) is 0 Å². The molecule has 16 heteroatoms. The number of rotatable bonds is 6. The Kier molecular flexibility index (Phi) is 5.97. The van der Waals surface area contributed by atoms with Crippen LogP contribution >= 0.6 is 0 Å². The number of nitrogens with zero attached hydrogens (tertiary/aromatic N) is 1. The molecule has 0 spiro atoms. The van der Waals surface area contributed by atoms with Gasteiger partial charge in [-0.05, 0) is 40.5 Å². The molecule has 0 unspecified atom stereocenters. The van der Waals surface area contributed by atoms with Crippen molar-refractivity contribution in [3.05, 3.63) is 0 Å². The first-order valence-corrected chi connectivity index (χ1v) is 10.6. The number of halogens is 6. The number of hydrogen-bond donors (Lipinski definition) is 2. The van der Waals surface area contributed by atoms with E-state index in [4.69, 9.17) is 9.66 Å². The standard InChI is InChI=1S/C13H19F6NO7S2/c1-9(2)5-7(8(21)22)6-10(3,4)20(9)28(23,24)12(16,17)11(14,15)13(18,19)29(25,26)27/h7H,5-6H2,1-4H3,(H,21,22)(H,25,26,27). The predicted octanol–water partition coefficient (Wildman–Crippen LogP) is 2.38. The Morgan fingerprint density at radius 2 is 1.24 bits per heavy atom. The topological polar surface area (TPSA) is 129 Å². The molecule has 1 aliphatic heterocycles. The molecule has 0 saturated carbocycles. The zero-order valence-electron chi connectivity index (χ0n) is 15.5. The molecule has 1 saturated heterocycles. The normalized spacial score (nSPS) is 22.4. The van der Waals surface area contributed by atoms with Gasteiger partial charge in [0.2, 0.25) is 0 Å². The Morgan fingerprint density at radius 1 is 0.897 bits per heavy atom. The van der Waals surface area contributed by atoms with Crippen molar-refractivity contribution in [2.24, 2.45) is 5.92 Å². The van der Waals surface area contributed by atoms with E-state index in [0.717, 1.165) is 27.7 Å². The highest BCUT2D eigenvalue weighted by atomic mass is 32.2. The highest BCUT2D eigenvalue weighted by Crippen LogP contribution is 2.54. The van der Waals surface area contributed by atoms with Gasteiger partial charge in [-0.15, -0.1) is 0 Å². The highest BCUT2D eigenvalue weighted by Gasteiger charge is 2.83. The summed E-state index contributed by atoms with van der Waals surface area (Å²) >= 11 is 0. The Morgan fingerprint density at radius 3 is 1.52 bits per heavy atom. The zero-order valence-corrected chi connectivity index (χ0v) is 17.1. The predicted molar refractivity (Wildman–Crippen MR) is 85.7 cm³/mol. The summed E-state index contributed by atoms with van der Waals surface area (Å²) in [6.45, 7) is 3.71. The fourth-order valence-electron chi connectivity index (χ4n) is 3.70. The van der Waals surface area contributed by atoms with E-state index in [1.807, 2.05) is 0 Å². The Bertz CT molecular complexity index is 881. The van der Waals surface area contributed by atoms with Crippen LogP contribution in [-0.2, 0) is 24.9 Å². The van der Waals surface area contributed by atoms with Crippen LogP contribution in [0.25, 0.3) is 0 Å². The minimum absolute atomic E-state index is 0.208. The van der Waals surface area contributed by atoms with Gasteiger partial charge >= 0.3 is 32.5 Å². The quantitative estimate of drug-likeness (QED) is 0.442.